The second-order valence-electron chi connectivity index (χ2n) is 8.84. The summed E-state index contributed by atoms with van der Waals surface area (Å²) in [5.74, 6) is -0.875. The Labute approximate surface area is 215 Å². The summed E-state index contributed by atoms with van der Waals surface area (Å²) in [6.07, 6.45) is -5.89. The van der Waals surface area contributed by atoms with Gasteiger partial charge in [-0.25, -0.2) is 9.49 Å². The third kappa shape index (κ3) is 6.10. The Morgan fingerprint density at radius 2 is 1.77 bits per heavy atom. The van der Waals surface area contributed by atoms with Gasteiger partial charge >= 0.3 is 12.4 Å². The molecule has 4 aromatic rings. The highest BCUT2D eigenvalue weighted by atomic mass is 19.4. The predicted molar refractivity (Wildman–Crippen MR) is 129 cm³/mol. The molecular formula is C25H20F7N5O2. The number of anilines is 1. The summed E-state index contributed by atoms with van der Waals surface area (Å²) >= 11 is 0. The van der Waals surface area contributed by atoms with Crippen molar-refractivity contribution in [1.29, 1.82) is 0 Å². The highest BCUT2D eigenvalue weighted by molar-refractivity contribution is 5.86. The Hall–Kier alpha value is -4.23. The minimum absolute atomic E-state index is 0.0961. The average molecular weight is 555 g/mol. The van der Waals surface area contributed by atoms with Crippen LogP contribution in [0.4, 0.5) is 36.4 Å². The maximum atomic E-state index is 14.9. The molecule has 3 aromatic heterocycles. The van der Waals surface area contributed by atoms with Gasteiger partial charge in [0.15, 0.2) is 0 Å². The second-order valence-corrected chi connectivity index (χ2v) is 8.84. The molecule has 1 aromatic carbocycles. The van der Waals surface area contributed by atoms with E-state index < -0.39 is 52.1 Å². The Balaban J connectivity index is 1.48. The smallest absolute Gasteiger partial charge is 0.381 e. The van der Waals surface area contributed by atoms with E-state index in [1.54, 1.807) is 12.0 Å². The molecule has 7 nitrogen and oxygen atoms in total. The molecular weight excluding hydrogens is 535 g/mol. The number of halogens is 7. The zero-order valence-electron chi connectivity index (χ0n) is 20.1. The van der Waals surface area contributed by atoms with Gasteiger partial charge in [-0.15, -0.1) is 0 Å². The summed E-state index contributed by atoms with van der Waals surface area (Å²) in [5, 5.41) is 7.77. The molecule has 0 unspecified atom stereocenters. The topological polar surface area (TPSA) is 92.7 Å². The van der Waals surface area contributed by atoms with E-state index in [2.05, 4.69) is 15.4 Å². The average Bonchev–Trinajstić information content (AvgIpc) is 2.84. The highest BCUT2D eigenvalue weighted by Crippen LogP contribution is 2.32. The van der Waals surface area contributed by atoms with Crippen molar-refractivity contribution < 1.29 is 30.7 Å². The van der Waals surface area contributed by atoms with Crippen molar-refractivity contribution in [3.8, 4) is 11.3 Å². The van der Waals surface area contributed by atoms with E-state index in [4.69, 9.17) is 0 Å². The van der Waals surface area contributed by atoms with E-state index in [-0.39, 0.29) is 28.6 Å². The van der Waals surface area contributed by atoms with Gasteiger partial charge in [-0.3, -0.25) is 14.6 Å². The van der Waals surface area contributed by atoms with Crippen LogP contribution in [-0.2, 0) is 18.9 Å². The molecule has 39 heavy (non-hydrogen) atoms. The van der Waals surface area contributed by atoms with Crippen LogP contribution in [0.5, 0.6) is 0 Å². The number of benzene rings is 1. The molecule has 2 N–H and O–H groups in total. The van der Waals surface area contributed by atoms with Crippen LogP contribution in [0.1, 0.15) is 30.9 Å². The fourth-order valence-corrected chi connectivity index (χ4v) is 4.12. The SMILES string of the molecule is C[C@@H](CCCn1ccc2cc(-c3ccc(C(F)(F)F)cn3)cc(F)c2c1=O)Nc1cn[nH]c(=O)c1C(F)(F)F. The number of aromatic amines is 1. The van der Waals surface area contributed by atoms with Crippen LogP contribution in [-0.4, -0.2) is 25.8 Å². The Kier molecular flexibility index (Phi) is 7.48. The second kappa shape index (κ2) is 10.5. The molecule has 1 atom stereocenters. The number of H-pyrrole nitrogens is 1. The lowest BCUT2D eigenvalue weighted by atomic mass is 10.0. The first-order valence-electron chi connectivity index (χ1n) is 11.5. The predicted octanol–water partition coefficient (Wildman–Crippen LogP) is 5.60. The minimum Gasteiger partial charge on any atom is -0.381 e. The summed E-state index contributed by atoms with van der Waals surface area (Å²) in [6.45, 7) is 1.73. The van der Waals surface area contributed by atoms with Crippen LogP contribution < -0.4 is 16.4 Å². The number of rotatable bonds is 7. The van der Waals surface area contributed by atoms with E-state index in [0.29, 0.717) is 19.0 Å². The number of nitrogens with one attached hydrogen (secondary N) is 2. The molecule has 14 heteroatoms. The maximum Gasteiger partial charge on any atom is 0.423 e. The summed E-state index contributed by atoms with van der Waals surface area (Å²) in [6, 6.07) is 5.35. The number of nitrogens with zero attached hydrogens (tertiary/aromatic N) is 3. The van der Waals surface area contributed by atoms with Crippen molar-refractivity contribution in [1.82, 2.24) is 19.7 Å². The molecule has 0 saturated heterocycles. The molecule has 0 saturated carbocycles. The Morgan fingerprint density at radius 1 is 1.03 bits per heavy atom. The molecule has 0 aliphatic heterocycles. The largest absolute Gasteiger partial charge is 0.423 e. The van der Waals surface area contributed by atoms with Crippen molar-refractivity contribution in [3.05, 3.63) is 86.6 Å². The number of pyridine rings is 2. The van der Waals surface area contributed by atoms with Gasteiger partial charge in [0.1, 0.15) is 11.4 Å². The first kappa shape index (κ1) is 27.8. The van der Waals surface area contributed by atoms with Gasteiger partial charge in [0, 0.05) is 30.5 Å². The molecule has 0 aliphatic carbocycles. The van der Waals surface area contributed by atoms with Gasteiger partial charge in [-0.05, 0) is 55.5 Å². The number of alkyl halides is 6. The fourth-order valence-electron chi connectivity index (χ4n) is 4.12. The normalized spacial score (nSPS) is 13.0. The number of fused-ring (bicyclic) bond motifs is 1. The van der Waals surface area contributed by atoms with Gasteiger partial charge in [0.05, 0.1) is 28.5 Å². The van der Waals surface area contributed by atoms with Crippen molar-refractivity contribution >= 4 is 16.5 Å². The van der Waals surface area contributed by atoms with E-state index in [0.717, 1.165) is 24.4 Å². The summed E-state index contributed by atoms with van der Waals surface area (Å²) in [7, 11) is 0. The lowest BCUT2D eigenvalue weighted by molar-refractivity contribution is -0.138. The van der Waals surface area contributed by atoms with Crippen molar-refractivity contribution in [2.45, 2.75) is 44.7 Å². The molecule has 206 valence electrons. The van der Waals surface area contributed by atoms with Gasteiger partial charge in [-0.2, -0.15) is 31.4 Å². The van der Waals surface area contributed by atoms with Crippen LogP contribution in [0.2, 0.25) is 0 Å². The van der Waals surface area contributed by atoms with Crippen LogP contribution in [0, 0.1) is 5.82 Å². The van der Waals surface area contributed by atoms with E-state index in [1.165, 1.54) is 22.9 Å². The summed E-state index contributed by atoms with van der Waals surface area (Å²) in [4.78, 5) is 28.3. The van der Waals surface area contributed by atoms with Crippen LogP contribution in [0.3, 0.4) is 0 Å². The first-order valence-corrected chi connectivity index (χ1v) is 11.5. The standard InChI is InChI=1S/C25H20F7N5O2/c1-13(35-19-12-34-36-22(38)21(19)25(30,31)32)3-2-7-37-8-6-14-9-15(10-17(26)20(14)23(37)39)18-5-4-16(11-33-18)24(27,28)29/h4-6,8-13H,2-3,7H2,1H3,(H2,35,36,38)/t13-/m0/s1. The van der Waals surface area contributed by atoms with Crippen molar-refractivity contribution in [2.24, 2.45) is 0 Å². The lowest BCUT2D eigenvalue weighted by Gasteiger charge is -2.18. The van der Waals surface area contributed by atoms with Gasteiger partial charge in [0.2, 0.25) is 0 Å². The summed E-state index contributed by atoms with van der Waals surface area (Å²) in [5.41, 5.74) is -4.54. The first-order chi connectivity index (χ1) is 18.3. The maximum absolute atomic E-state index is 14.9. The van der Waals surface area contributed by atoms with Gasteiger partial charge < -0.3 is 9.88 Å². The fraction of sp³-hybridized carbons (Fsp3) is 0.280. The highest BCUT2D eigenvalue weighted by Gasteiger charge is 2.37. The molecule has 0 bridgehead atoms. The summed E-state index contributed by atoms with van der Waals surface area (Å²) < 4.78 is 94.2. The molecule has 0 amide bonds. The Bertz CT molecular complexity index is 1610. The third-order valence-electron chi connectivity index (χ3n) is 5.99. The molecule has 0 aliphatic rings. The third-order valence-corrected chi connectivity index (χ3v) is 5.99. The van der Waals surface area contributed by atoms with Crippen molar-refractivity contribution in [2.75, 3.05) is 5.32 Å². The van der Waals surface area contributed by atoms with E-state index in [1.807, 2.05) is 0 Å². The Morgan fingerprint density at radius 3 is 2.41 bits per heavy atom. The monoisotopic (exact) mass is 555 g/mol. The quantitative estimate of drug-likeness (QED) is 0.290. The molecule has 0 radical (unpaired) electrons. The van der Waals surface area contributed by atoms with Crippen molar-refractivity contribution in [3.63, 3.8) is 0 Å². The van der Waals surface area contributed by atoms with Gasteiger partial charge in [0.25, 0.3) is 11.1 Å². The number of aryl methyl sites for hydroxylation is 1. The van der Waals surface area contributed by atoms with Crippen LogP contribution in [0.25, 0.3) is 22.0 Å². The van der Waals surface area contributed by atoms with E-state index >= 15 is 0 Å². The van der Waals surface area contributed by atoms with Gasteiger partial charge in [-0.1, -0.05) is 0 Å². The number of hydrogen-bond acceptors (Lipinski definition) is 5. The molecule has 0 spiro atoms. The van der Waals surface area contributed by atoms with Crippen LogP contribution in [0.15, 0.2) is 58.5 Å². The number of aromatic nitrogens is 4. The zero-order chi connectivity index (χ0) is 28.5. The van der Waals surface area contributed by atoms with E-state index in [9.17, 15) is 40.3 Å². The van der Waals surface area contributed by atoms with Crippen LogP contribution >= 0.6 is 0 Å². The minimum atomic E-state index is -4.89. The molecule has 4 rings (SSSR count). The zero-order valence-corrected chi connectivity index (χ0v) is 20.1. The number of hydrogen-bond donors (Lipinski definition) is 2. The molecule has 3 heterocycles. The molecule has 0 fully saturated rings. The lowest BCUT2D eigenvalue weighted by Crippen LogP contribution is -2.27.